The molecule has 2 aliphatic rings. The third-order valence-corrected chi connectivity index (χ3v) is 9.93. The van der Waals surface area contributed by atoms with Crippen molar-refractivity contribution in [1.29, 1.82) is 0 Å². The summed E-state index contributed by atoms with van der Waals surface area (Å²) in [6.45, 7) is 1.69. The fourth-order valence-corrected chi connectivity index (χ4v) is 6.39. The lowest BCUT2D eigenvalue weighted by Gasteiger charge is -2.44. The summed E-state index contributed by atoms with van der Waals surface area (Å²) in [5.41, 5.74) is -0.121. The Balaban J connectivity index is 1.73. The number of rotatable bonds is 26. The summed E-state index contributed by atoms with van der Waals surface area (Å²) in [6, 6.07) is 1.97. The van der Waals surface area contributed by atoms with Crippen LogP contribution in [0.4, 0.5) is 0 Å². The highest BCUT2D eigenvalue weighted by molar-refractivity contribution is 5.82. The van der Waals surface area contributed by atoms with E-state index in [1.165, 1.54) is 18.2 Å². The van der Waals surface area contributed by atoms with Gasteiger partial charge in [0.05, 0.1) is 25.4 Å². The van der Waals surface area contributed by atoms with Crippen LogP contribution in [0.1, 0.15) is 70.8 Å². The van der Waals surface area contributed by atoms with E-state index in [0.717, 1.165) is 50.0 Å². The van der Waals surface area contributed by atoms with Crippen LogP contribution in [-0.4, -0.2) is 150 Å². The number of phenolic OH excluding ortho intramolecular Hbond substituents is 2. The minimum atomic E-state index is -1.98. The molecular weight excluding hydrogens is 828 g/mol. The summed E-state index contributed by atoms with van der Waals surface area (Å²) in [5, 5.41) is 104. The van der Waals surface area contributed by atoms with Gasteiger partial charge in [-0.25, -0.2) is 9.59 Å². The third-order valence-electron chi connectivity index (χ3n) is 9.93. The Kier molecular flexibility index (Phi) is 23.8. The van der Waals surface area contributed by atoms with Gasteiger partial charge < -0.3 is 79.5 Å². The highest BCUT2D eigenvalue weighted by Gasteiger charge is 2.54. The van der Waals surface area contributed by atoms with Gasteiger partial charge in [-0.1, -0.05) is 87.4 Å². The number of carbonyl (C=O) groups is 2. The van der Waals surface area contributed by atoms with Crippen molar-refractivity contribution in [3.8, 4) is 17.2 Å². The zero-order valence-corrected chi connectivity index (χ0v) is 35.5. The Bertz CT molecular complexity index is 1710. The number of aliphatic hydroxyl groups excluding tert-OH is 8. The number of hydrogen-bond donors (Lipinski definition) is 10. The smallest absolute Gasteiger partial charge is 0.331 e. The summed E-state index contributed by atoms with van der Waals surface area (Å²) in [4.78, 5) is 25.4. The van der Waals surface area contributed by atoms with Gasteiger partial charge in [0.1, 0.15) is 49.0 Å². The number of phenols is 2. The second-order valence-corrected chi connectivity index (χ2v) is 14.9. The lowest BCUT2D eigenvalue weighted by molar-refractivity contribution is -0.317. The number of carbonyl (C=O) groups excluding carboxylic acids is 2. The van der Waals surface area contributed by atoms with Gasteiger partial charge in [0, 0.05) is 23.8 Å². The molecule has 63 heavy (non-hydrogen) atoms. The SMILES string of the molecule is CCCCC/C=C/C=C/C(O)C/C=C/C=C/C(=O)O[C@@H]1[C@@H](O)[C@H](Oc2c(O)cc(O)cc2CO)O[C@H](CO)[C@H]1O[C@@H]1O[C@@H]([C@H](O)COC(=O)/C=C/C=C\CCC(O)CC)[C@H](O)[C@H]1O. The molecule has 1 aromatic rings. The van der Waals surface area contributed by atoms with Crippen molar-refractivity contribution in [3.63, 3.8) is 0 Å². The van der Waals surface area contributed by atoms with Crippen molar-refractivity contribution in [1.82, 2.24) is 0 Å². The predicted octanol–water partition coefficient (Wildman–Crippen LogP) is 1.91. The molecule has 3 rings (SSSR count). The Hall–Kier alpha value is -4.44. The molecule has 0 saturated carbocycles. The molecule has 2 saturated heterocycles. The normalized spacial score (nSPS) is 27.0. The molecule has 0 bridgehead atoms. The maximum absolute atomic E-state index is 13.2. The monoisotopic (exact) mass is 892 g/mol. The number of ether oxygens (including phenoxy) is 6. The molecule has 18 nitrogen and oxygen atoms in total. The maximum atomic E-state index is 13.2. The Morgan fingerprint density at radius 2 is 1.49 bits per heavy atom. The average molecular weight is 893 g/mol. The maximum Gasteiger partial charge on any atom is 0.331 e. The second-order valence-electron chi connectivity index (χ2n) is 14.9. The highest BCUT2D eigenvalue weighted by atomic mass is 16.8. The van der Waals surface area contributed by atoms with Crippen LogP contribution in [-0.2, 0) is 39.9 Å². The fourth-order valence-electron chi connectivity index (χ4n) is 6.39. The largest absolute Gasteiger partial charge is 0.508 e. The van der Waals surface area contributed by atoms with Gasteiger partial charge in [0.25, 0.3) is 0 Å². The van der Waals surface area contributed by atoms with Crippen molar-refractivity contribution < 1.29 is 89.1 Å². The second kappa shape index (κ2) is 28.4. The molecular formula is C45H64O18. The molecule has 1 aromatic carbocycles. The van der Waals surface area contributed by atoms with E-state index in [2.05, 4.69) is 6.92 Å². The first-order valence-electron chi connectivity index (χ1n) is 21.1. The van der Waals surface area contributed by atoms with Gasteiger partial charge in [-0.05, 0) is 44.6 Å². The van der Waals surface area contributed by atoms with E-state index < -0.39 is 123 Å². The number of aliphatic hydroxyl groups is 8. The Morgan fingerprint density at radius 1 is 0.794 bits per heavy atom. The number of allylic oxidation sites excluding steroid dienone is 8. The molecule has 0 aliphatic carbocycles. The van der Waals surface area contributed by atoms with E-state index in [9.17, 15) is 60.7 Å². The number of unbranched alkanes of at least 4 members (excludes halogenated alkanes) is 3. The van der Waals surface area contributed by atoms with Crippen molar-refractivity contribution in [2.75, 3.05) is 13.2 Å². The molecule has 0 aromatic heterocycles. The molecule has 0 amide bonds. The first-order chi connectivity index (χ1) is 30.2. The third kappa shape index (κ3) is 17.6. The lowest BCUT2D eigenvalue weighted by Crippen LogP contribution is -2.63. The molecule has 12 atom stereocenters. The van der Waals surface area contributed by atoms with Crippen LogP contribution < -0.4 is 4.74 Å². The van der Waals surface area contributed by atoms with Crippen LogP contribution in [0.2, 0.25) is 0 Å². The van der Waals surface area contributed by atoms with Crippen molar-refractivity contribution in [2.45, 2.75) is 145 Å². The van der Waals surface area contributed by atoms with E-state index in [1.807, 2.05) is 19.1 Å². The van der Waals surface area contributed by atoms with Crippen molar-refractivity contribution in [2.24, 2.45) is 0 Å². The fraction of sp³-hybridized carbons (Fsp3) is 0.556. The van der Waals surface area contributed by atoms with E-state index in [4.69, 9.17) is 28.4 Å². The molecule has 2 heterocycles. The molecule has 352 valence electrons. The zero-order chi connectivity index (χ0) is 46.3. The zero-order valence-electron chi connectivity index (χ0n) is 35.5. The number of hydrogen-bond acceptors (Lipinski definition) is 18. The van der Waals surface area contributed by atoms with Crippen LogP contribution >= 0.6 is 0 Å². The Labute approximate surface area is 366 Å². The number of aromatic hydroxyl groups is 2. The predicted molar refractivity (Wildman–Crippen MR) is 226 cm³/mol. The van der Waals surface area contributed by atoms with Gasteiger partial charge in [0.2, 0.25) is 6.29 Å². The van der Waals surface area contributed by atoms with Crippen LogP contribution in [0, 0.1) is 0 Å². The van der Waals surface area contributed by atoms with Crippen LogP contribution in [0.25, 0.3) is 0 Å². The molecule has 2 unspecified atom stereocenters. The molecule has 2 aliphatic heterocycles. The topological polar surface area (TPSA) is 292 Å². The first kappa shape index (κ1) is 52.9. The van der Waals surface area contributed by atoms with Crippen molar-refractivity contribution in [3.05, 3.63) is 90.6 Å². The standard InChI is InChI=1S/C45H64O18/c1-3-5-6-7-8-9-14-19-30(49)20-15-12-17-22-36(54)60-43-39(57)45(61-40-28(25-46)23-31(50)24-32(40)51)59-34(26-47)42(43)63-44-38(56)37(55)41(62-44)33(52)27-58-35(53)21-16-11-10-13-18-29(48)4-2/h8-12,14-17,19,21-24,29-30,33-34,37-39,41-52,55-57H,3-7,13,18,20,25-27H2,1-2H3/b9-8+,11-10-,15-12+,19-14+,21-16+,22-17+/t29?,30?,33-,34-,37-,38-,39-,41+,42-,43-,44+,45+/m1/s1. The number of benzene rings is 1. The van der Waals surface area contributed by atoms with Crippen LogP contribution in [0.15, 0.2) is 85.0 Å². The van der Waals surface area contributed by atoms with Crippen LogP contribution in [0.5, 0.6) is 17.2 Å². The van der Waals surface area contributed by atoms with Crippen LogP contribution in [0.3, 0.4) is 0 Å². The van der Waals surface area contributed by atoms with Gasteiger partial charge in [-0.15, -0.1) is 0 Å². The van der Waals surface area contributed by atoms with E-state index in [-0.39, 0.29) is 12.0 Å². The molecule has 0 spiro atoms. The summed E-state index contributed by atoms with van der Waals surface area (Å²) >= 11 is 0. The molecule has 2 fully saturated rings. The minimum Gasteiger partial charge on any atom is -0.508 e. The van der Waals surface area contributed by atoms with E-state index >= 15 is 0 Å². The van der Waals surface area contributed by atoms with Gasteiger partial charge in [-0.3, -0.25) is 0 Å². The summed E-state index contributed by atoms with van der Waals surface area (Å²) in [7, 11) is 0. The lowest BCUT2D eigenvalue weighted by atomic mass is 9.98. The summed E-state index contributed by atoms with van der Waals surface area (Å²) in [5.74, 6) is -3.38. The summed E-state index contributed by atoms with van der Waals surface area (Å²) in [6.07, 6.45) is 5.97. The quantitative estimate of drug-likeness (QED) is 0.0275. The number of esters is 2. The van der Waals surface area contributed by atoms with Gasteiger partial charge in [-0.2, -0.15) is 0 Å². The molecule has 10 N–H and O–H groups in total. The van der Waals surface area contributed by atoms with Crippen molar-refractivity contribution >= 4 is 11.9 Å². The van der Waals surface area contributed by atoms with E-state index in [1.54, 1.807) is 30.4 Å². The minimum absolute atomic E-state index is 0.121. The van der Waals surface area contributed by atoms with Gasteiger partial charge in [0.15, 0.2) is 30.0 Å². The highest BCUT2D eigenvalue weighted by Crippen LogP contribution is 2.38. The van der Waals surface area contributed by atoms with Gasteiger partial charge >= 0.3 is 11.9 Å². The Morgan fingerprint density at radius 3 is 2.19 bits per heavy atom. The van der Waals surface area contributed by atoms with E-state index in [0.29, 0.717) is 19.3 Å². The average Bonchev–Trinajstić information content (AvgIpc) is 3.54. The first-order valence-corrected chi connectivity index (χ1v) is 21.1. The molecule has 18 heteroatoms. The summed E-state index contributed by atoms with van der Waals surface area (Å²) < 4.78 is 33.6. The molecule has 0 radical (unpaired) electrons.